The van der Waals surface area contributed by atoms with Gasteiger partial charge in [-0.05, 0) is 30.3 Å². The molecule has 0 atom stereocenters. The highest BCUT2D eigenvalue weighted by atomic mass is 35.5. The van der Waals surface area contributed by atoms with E-state index in [9.17, 15) is 0 Å². The summed E-state index contributed by atoms with van der Waals surface area (Å²) in [5.41, 5.74) is 6.98. The summed E-state index contributed by atoms with van der Waals surface area (Å²) in [7, 11) is 0. The topological polar surface area (TPSA) is 74.2 Å². The summed E-state index contributed by atoms with van der Waals surface area (Å²) in [6, 6.07) is 12.2. The summed E-state index contributed by atoms with van der Waals surface area (Å²) in [6.07, 6.45) is 0. The zero-order valence-corrected chi connectivity index (χ0v) is 12.8. The number of ether oxygens (including phenoxy) is 1. The van der Waals surface area contributed by atoms with Gasteiger partial charge in [-0.3, -0.25) is 0 Å². The van der Waals surface area contributed by atoms with Gasteiger partial charge in [0.15, 0.2) is 6.61 Å². The minimum Gasteiger partial charge on any atom is -0.482 e. The summed E-state index contributed by atoms with van der Waals surface area (Å²) in [5, 5.41) is 4.88. The van der Waals surface area contributed by atoms with E-state index in [0.29, 0.717) is 38.8 Å². The van der Waals surface area contributed by atoms with E-state index >= 15 is 0 Å². The van der Waals surface area contributed by atoms with Crippen LogP contribution in [0.1, 0.15) is 5.89 Å². The number of hydrogen-bond donors (Lipinski definition) is 1. The normalized spacial score (nSPS) is 10.6. The Morgan fingerprint density at radius 1 is 1.14 bits per heavy atom. The first-order chi connectivity index (χ1) is 10.6. The molecule has 0 spiro atoms. The van der Waals surface area contributed by atoms with Crippen LogP contribution < -0.4 is 10.5 Å². The van der Waals surface area contributed by atoms with Gasteiger partial charge in [0.2, 0.25) is 5.82 Å². The van der Waals surface area contributed by atoms with Gasteiger partial charge in [0.05, 0.1) is 10.7 Å². The Balaban J connectivity index is 1.75. The van der Waals surface area contributed by atoms with Crippen LogP contribution in [0.5, 0.6) is 5.75 Å². The van der Waals surface area contributed by atoms with Crippen molar-refractivity contribution < 1.29 is 9.26 Å². The van der Waals surface area contributed by atoms with Gasteiger partial charge in [0.25, 0.3) is 5.89 Å². The lowest BCUT2D eigenvalue weighted by atomic mass is 10.2. The molecule has 0 saturated carbocycles. The van der Waals surface area contributed by atoms with Crippen molar-refractivity contribution in [1.29, 1.82) is 0 Å². The van der Waals surface area contributed by atoms with E-state index in [-0.39, 0.29) is 6.61 Å². The highest BCUT2D eigenvalue weighted by Crippen LogP contribution is 2.28. The van der Waals surface area contributed by atoms with E-state index in [2.05, 4.69) is 10.1 Å². The van der Waals surface area contributed by atoms with E-state index in [4.69, 9.17) is 38.2 Å². The fourth-order valence-corrected chi connectivity index (χ4v) is 2.34. The van der Waals surface area contributed by atoms with Crippen LogP contribution >= 0.6 is 23.2 Å². The highest BCUT2D eigenvalue weighted by Gasteiger charge is 2.13. The van der Waals surface area contributed by atoms with Crippen molar-refractivity contribution in [3.8, 4) is 17.1 Å². The van der Waals surface area contributed by atoms with E-state index in [0.717, 1.165) is 0 Å². The number of benzene rings is 2. The van der Waals surface area contributed by atoms with E-state index in [1.807, 2.05) is 12.1 Å². The quantitative estimate of drug-likeness (QED) is 0.723. The molecule has 0 aliphatic carbocycles. The van der Waals surface area contributed by atoms with Crippen molar-refractivity contribution in [2.24, 2.45) is 0 Å². The van der Waals surface area contributed by atoms with Crippen LogP contribution in [0.4, 0.5) is 5.69 Å². The minimum absolute atomic E-state index is 0.117. The van der Waals surface area contributed by atoms with Gasteiger partial charge in [-0.2, -0.15) is 4.98 Å². The van der Waals surface area contributed by atoms with Crippen molar-refractivity contribution in [1.82, 2.24) is 10.1 Å². The van der Waals surface area contributed by atoms with Crippen LogP contribution in [0, 0.1) is 0 Å². The van der Waals surface area contributed by atoms with Crippen LogP contribution in [-0.2, 0) is 6.61 Å². The SMILES string of the molecule is Nc1ccccc1OCc1nc(-c2ccc(Cl)cc2Cl)no1. The maximum absolute atomic E-state index is 6.11. The minimum atomic E-state index is 0.117. The summed E-state index contributed by atoms with van der Waals surface area (Å²) < 4.78 is 10.7. The average Bonchev–Trinajstić information content (AvgIpc) is 2.95. The number of para-hydroxylation sites is 2. The first-order valence-electron chi connectivity index (χ1n) is 6.39. The molecule has 2 N–H and O–H groups in total. The molecule has 0 fully saturated rings. The van der Waals surface area contributed by atoms with Crippen molar-refractivity contribution in [3.63, 3.8) is 0 Å². The number of nitrogen functional groups attached to an aromatic ring is 1. The predicted molar refractivity (Wildman–Crippen MR) is 84.9 cm³/mol. The lowest BCUT2D eigenvalue weighted by Crippen LogP contribution is -1.98. The van der Waals surface area contributed by atoms with Crippen molar-refractivity contribution in [3.05, 3.63) is 58.4 Å². The molecular formula is C15H11Cl2N3O2. The molecular weight excluding hydrogens is 325 g/mol. The van der Waals surface area contributed by atoms with Crippen molar-refractivity contribution in [2.45, 2.75) is 6.61 Å². The molecule has 0 radical (unpaired) electrons. The number of aromatic nitrogens is 2. The van der Waals surface area contributed by atoms with Gasteiger partial charge >= 0.3 is 0 Å². The first kappa shape index (κ1) is 14.7. The molecule has 1 heterocycles. The lowest BCUT2D eigenvalue weighted by molar-refractivity contribution is 0.244. The molecule has 0 bridgehead atoms. The molecule has 2 aromatic carbocycles. The summed E-state index contributed by atoms with van der Waals surface area (Å²) in [5.74, 6) is 1.26. The number of nitrogens with zero attached hydrogens (tertiary/aromatic N) is 2. The van der Waals surface area contributed by atoms with Crippen molar-refractivity contribution >= 4 is 28.9 Å². The zero-order chi connectivity index (χ0) is 15.5. The van der Waals surface area contributed by atoms with E-state index < -0.39 is 0 Å². The summed E-state index contributed by atoms with van der Waals surface area (Å²) >= 11 is 12.0. The lowest BCUT2D eigenvalue weighted by Gasteiger charge is -2.05. The Morgan fingerprint density at radius 2 is 1.95 bits per heavy atom. The third-order valence-corrected chi connectivity index (χ3v) is 3.46. The second-order valence-corrected chi connectivity index (χ2v) is 5.31. The van der Waals surface area contributed by atoms with Gasteiger partial charge in [0, 0.05) is 10.6 Å². The van der Waals surface area contributed by atoms with Crippen LogP contribution in [0.2, 0.25) is 10.0 Å². The van der Waals surface area contributed by atoms with Gasteiger partial charge < -0.3 is 15.0 Å². The molecule has 0 unspecified atom stereocenters. The highest BCUT2D eigenvalue weighted by molar-refractivity contribution is 6.36. The molecule has 3 rings (SSSR count). The standard InChI is InChI=1S/C15H11Cl2N3O2/c16-9-5-6-10(11(17)7-9)15-19-14(22-20-15)8-21-13-4-2-1-3-12(13)18/h1-7H,8,18H2. The average molecular weight is 336 g/mol. The van der Waals surface area contributed by atoms with Crippen LogP contribution in [0.3, 0.4) is 0 Å². The third kappa shape index (κ3) is 3.16. The molecule has 0 saturated heterocycles. The van der Waals surface area contributed by atoms with Crippen LogP contribution in [-0.4, -0.2) is 10.1 Å². The molecule has 0 aliphatic heterocycles. The molecule has 5 nitrogen and oxygen atoms in total. The molecule has 22 heavy (non-hydrogen) atoms. The fraction of sp³-hybridized carbons (Fsp3) is 0.0667. The van der Waals surface area contributed by atoms with E-state index in [1.54, 1.807) is 30.3 Å². The molecule has 0 amide bonds. The van der Waals surface area contributed by atoms with E-state index in [1.165, 1.54) is 0 Å². The number of nitrogens with two attached hydrogens (primary N) is 1. The zero-order valence-electron chi connectivity index (χ0n) is 11.3. The summed E-state index contributed by atoms with van der Waals surface area (Å²) in [4.78, 5) is 4.24. The van der Waals surface area contributed by atoms with Crippen LogP contribution in [0.25, 0.3) is 11.4 Å². The Morgan fingerprint density at radius 3 is 2.73 bits per heavy atom. The Labute approximate surface area is 136 Å². The maximum Gasteiger partial charge on any atom is 0.264 e. The second-order valence-electron chi connectivity index (χ2n) is 4.46. The fourth-order valence-electron chi connectivity index (χ4n) is 1.85. The number of rotatable bonds is 4. The van der Waals surface area contributed by atoms with Gasteiger partial charge in [0.1, 0.15) is 5.75 Å². The van der Waals surface area contributed by atoms with Gasteiger partial charge in [-0.1, -0.05) is 40.5 Å². The largest absolute Gasteiger partial charge is 0.482 e. The first-order valence-corrected chi connectivity index (χ1v) is 7.14. The Bertz CT molecular complexity index is 805. The smallest absolute Gasteiger partial charge is 0.264 e. The second kappa shape index (κ2) is 6.25. The molecule has 3 aromatic rings. The Kier molecular flexibility index (Phi) is 4.18. The van der Waals surface area contributed by atoms with Gasteiger partial charge in [-0.15, -0.1) is 0 Å². The summed E-state index contributed by atoms with van der Waals surface area (Å²) in [6.45, 7) is 0.117. The van der Waals surface area contributed by atoms with Crippen LogP contribution in [0.15, 0.2) is 47.0 Å². The molecule has 0 aliphatic rings. The third-order valence-electron chi connectivity index (χ3n) is 2.91. The monoisotopic (exact) mass is 335 g/mol. The molecule has 7 heteroatoms. The number of hydrogen-bond acceptors (Lipinski definition) is 5. The van der Waals surface area contributed by atoms with Crippen molar-refractivity contribution in [2.75, 3.05) is 5.73 Å². The Hall–Kier alpha value is -2.24. The number of halogens is 2. The predicted octanol–water partition coefficient (Wildman–Crippen LogP) is 4.20. The number of anilines is 1. The molecule has 1 aromatic heterocycles. The molecule has 112 valence electrons. The maximum atomic E-state index is 6.11. The van der Waals surface area contributed by atoms with Gasteiger partial charge in [-0.25, -0.2) is 0 Å².